The standard InChI is InChI=1S/C11H21N3O/c1-4-11(5-2,15-6-3)10-13-8-9(7-12)14-10/h8H,4-7,12H2,1-3H3,(H,13,14). The van der Waals surface area contributed by atoms with Crippen LogP contribution in [0.15, 0.2) is 6.20 Å². The molecule has 0 saturated carbocycles. The molecule has 15 heavy (non-hydrogen) atoms. The lowest BCUT2D eigenvalue weighted by molar-refractivity contribution is -0.0566. The first-order valence-electron chi connectivity index (χ1n) is 5.60. The lowest BCUT2D eigenvalue weighted by Crippen LogP contribution is -2.29. The molecule has 4 nitrogen and oxygen atoms in total. The number of nitrogens with two attached hydrogens (primary N) is 1. The van der Waals surface area contributed by atoms with Crippen LogP contribution in [0.25, 0.3) is 0 Å². The largest absolute Gasteiger partial charge is 0.367 e. The van der Waals surface area contributed by atoms with Gasteiger partial charge in [-0.05, 0) is 19.8 Å². The SMILES string of the molecule is CCOC(CC)(CC)c1ncc(CN)[nH]1. The number of nitrogens with one attached hydrogen (secondary N) is 1. The van der Waals surface area contributed by atoms with E-state index in [-0.39, 0.29) is 5.60 Å². The van der Waals surface area contributed by atoms with E-state index in [1.54, 1.807) is 6.20 Å². The van der Waals surface area contributed by atoms with E-state index in [4.69, 9.17) is 10.5 Å². The van der Waals surface area contributed by atoms with Crippen molar-refractivity contribution >= 4 is 0 Å². The van der Waals surface area contributed by atoms with Crippen LogP contribution in [-0.4, -0.2) is 16.6 Å². The quantitative estimate of drug-likeness (QED) is 0.755. The number of rotatable bonds is 6. The van der Waals surface area contributed by atoms with Gasteiger partial charge in [-0.2, -0.15) is 0 Å². The molecule has 1 aromatic rings. The molecule has 0 spiro atoms. The van der Waals surface area contributed by atoms with Crippen molar-refractivity contribution in [2.75, 3.05) is 6.61 Å². The Balaban J connectivity index is 2.96. The van der Waals surface area contributed by atoms with E-state index in [9.17, 15) is 0 Å². The number of aromatic nitrogens is 2. The van der Waals surface area contributed by atoms with Gasteiger partial charge >= 0.3 is 0 Å². The van der Waals surface area contributed by atoms with Gasteiger partial charge in [0.25, 0.3) is 0 Å². The summed E-state index contributed by atoms with van der Waals surface area (Å²) in [6.07, 6.45) is 3.61. The maximum Gasteiger partial charge on any atom is 0.138 e. The highest BCUT2D eigenvalue weighted by atomic mass is 16.5. The Morgan fingerprint density at radius 1 is 1.40 bits per heavy atom. The van der Waals surface area contributed by atoms with Gasteiger partial charge in [-0.3, -0.25) is 0 Å². The van der Waals surface area contributed by atoms with Crippen molar-refractivity contribution in [1.82, 2.24) is 9.97 Å². The first-order valence-corrected chi connectivity index (χ1v) is 5.60. The monoisotopic (exact) mass is 211 g/mol. The Labute approximate surface area is 91.2 Å². The van der Waals surface area contributed by atoms with Gasteiger partial charge in [-0.25, -0.2) is 4.98 Å². The van der Waals surface area contributed by atoms with Gasteiger partial charge in [0.2, 0.25) is 0 Å². The van der Waals surface area contributed by atoms with Gasteiger partial charge in [0.05, 0.1) is 0 Å². The summed E-state index contributed by atoms with van der Waals surface area (Å²) in [7, 11) is 0. The lowest BCUT2D eigenvalue weighted by atomic mass is 9.96. The Hall–Kier alpha value is -0.870. The summed E-state index contributed by atoms with van der Waals surface area (Å²) >= 11 is 0. The van der Waals surface area contributed by atoms with Crippen LogP contribution in [0.2, 0.25) is 0 Å². The molecule has 0 amide bonds. The van der Waals surface area contributed by atoms with Gasteiger partial charge in [-0.15, -0.1) is 0 Å². The molecule has 0 aliphatic rings. The van der Waals surface area contributed by atoms with E-state index >= 15 is 0 Å². The van der Waals surface area contributed by atoms with Gasteiger partial charge in [0, 0.05) is 25.0 Å². The summed E-state index contributed by atoms with van der Waals surface area (Å²) in [5.41, 5.74) is 6.23. The summed E-state index contributed by atoms with van der Waals surface area (Å²) in [5, 5.41) is 0. The third kappa shape index (κ3) is 2.38. The average Bonchev–Trinajstić information content (AvgIpc) is 2.75. The second-order valence-electron chi connectivity index (χ2n) is 3.60. The summed E-state index contributed by atoms with van der Waals surface area (Å²) in [6, 6.07) is 0. The normalized spacial score (nSPS) is 12.0. The van der Waals surface area contributed by atoms with Crippen LogP contribution in [0.1, 0.15) is 45.1 Å². The zero-order valence-corrected chi connectivity index (χ0v) is 9.84. The van der Waals surface area contributed by atoms with Crippen LogP contribution in [0.4, 0.5) is 0 Å². The summed E-state index contributed by atoms with van der Waals surface area (Å²) in [4.78, 5) is 7.59. The highest BCUT2D eigenvalue weighted by molar-refractivity contribution is 5.08. The Morgan fingerprint density at radius 3 is 2.47 bits per heavy atom. The predicted molar refractivity (Wildman–Crippen MR) is 60.4 cm³/mol. The second kappa shape index (κ2) is 5.28. The van der Waals surface area contributed by atoms with Crippen molar-refractivity contribution < 1.29 is 4.74 Å². The van der Waals surface area contributed by atoms with Gasteiger partial charge in [0.1, 0.15) is 11.4 Å². The number of imidazole rings is 1. The molecule has 0 aromatic carbocycles. The molecule has 0 aliphatic carbocycles. The zero-order valence-electron chi connectivity index (χ0n) is 9.84. The van der Waals surface area contributed by atoms with Crippen molar-refractivity contribution in [2.24, 2.45) is 5.73 Å². The number of nitrogens with zero attached hydrogens (tertiary/aromatic N) is 1. The molecule has 0 bridgehead atoms. The van der Waals surface area contributed by atoms with Crippen LogP contribution >= 0.6 is 0 Å². The molecule has 86 valence electrons. The van der Waals surface area contributed by atoms with E-state index in [0.29, 0.717) is 13.2 Å². The fourth-order valence-electron chi connectivity index (χ4n) is 1.83. The molecule has 0 unspecified atom stereocenters. The van der Waals surface area contributed by atoms with Gasteiger partial charge < -0.3 is 15.5 Å². The Morgan fingerprint density at radius 2 is 2.07 bits per heavy atom. The third-order valence-electron chi connectivity index (χ3n) is 2.84. The van der Waals surface area contributed by atoms with E-state index < -0.39 is 0 Å². The Bertz CT molecular complexity index is 292. The molecular formula is C11H21N3O. The fourth-order valence-corrected chi connectivity index (χ4v) is 1.83. The van der Waals surface area contributed by atoms with Crippen molar-refractivity contribution in [1.29, 1.82) is 0 Å². The van der Waals surface area contributed by atoms with Crippen molar-refractivity contribution in [3.8, 4) is 0 Å². The van der Waals surface area contributed by atoms with E-state index in [1.807, 2.05) is 6.92 Å². The highest BCUT2D eigenvalue weighted by Crippen LogP contribution is 2.30. The minimum absolute atomic E-state index is 0.276. The molecule has 3 N–H and O–H groups in total. The van der Waals surface area contributed by atoms with Crippen LogP contribution in [0, 0.1) is 0 Å². The number of aromatic amines is 1. The molecule has 0 aliphatic heterocycles. The van der Waals surface area contributed by atoms with Gasteiger partial charge in [0.15, 0.2) is 0 Å². The summed E-state index contributed by atoms with van der Waals surface area (Å²) in [6.45, 7) is 7.42. The zero-order chi connectivity index (χ0) is 11.3. The van der Waals surface area contributed by atoms with Crippen LogP contribution in [0.5, 0.6) is 0 Å². The molecule has 1 heterocycles. The minimum Gasteiger partial charge on any atom is -0.367 e. The van der Waals surface area contributed by atoms with E-state index in [0.717, 1.165) is 24.4 Å². The topological polar surface area (TPSA) is 63.9 Å². The molecule has 4 heteroatoms. The number of ether oxygens (including phenoxy) is 1. The Kier molecular flexibility index (Phi) is 4.29. The van der Waals surface area contributed by atoms with Crippen molar-refractivity contribution in [2.45, 2.75) is 45.8 Å². The van der Waals surface area contributed by atoms with E-state index in [2.05, 4.69) is 23.8 Å². The fraction of sp³-hybridized carbons (Fsp3) is 0.727. The van der Waals surface area contributed by atoms with Crippen LogP contribution in [0.3, 0.4) is 0 Å². The molecule has 0 atom stereocenters. The molecule has 0 fully saturated rings. The molecule has 1 aromatic heterocycles. The lowest BCUT2D eigenvalue weighted by Gasteiger charge is -2.29. The van der Waals surface area contributed by atoms with E-state index in [1.165, 1.54) is 0 Å². The maximum atomic E-state index is 5.84. The maximum absolute atomic E-state index is 5.84. The minimum atomic E-state index is -0.276. The van der Waals surface area contributed by atoms with Gasteiger partial charge in [-0.1, -0.05) is 13.8 Å². The smallest absolute Gasteiger partial charge is 0.138 e. The third-order valence-corrected chi connectivity index (χ3v) is 2.84. The summed E-state index contributed by atoms with van der Waals surface area (Å²) in [5.74, 6) is 0.898. The molecular weight excluding hydrogens is 190 g/mol. The number of H-pyrrole nitrogens is 1. The molecule has 1 rings (SSSR count). The van der Waals surface area contributed by atoms with Crippen molar-refractivity contribution in [3.05, 3.63) is 17.7 Å². The molecule has 0 radical (unpaired) electrons. The summed E-state index contributed by atoms with van der Waals surface area (Å²) < 4.78 is 5.84. The first kappa shape index (κ1) is 12.2. The molecule has 0 saturated heterocycles. The number of hydrogen-bond acceptors (Lipinski definition) is 3. The average molecular weight is 211 g/mol. The number of hydrogen-bond donors (Lipinski definition) is 2. The second-order valence-corrected chi connectivity index (χ2v) is 3.60. The van der Waals surface area contributed by atoms with Crippen molar-refractivity contribution in [3.63, 3.8) is 0 Å². The van der Waals surface area contributed by atoms with Crippen LogP contribution in [-0.2, 0) is 16.9 Å². The first-order chi connectivity index (χ1) is 7.22. The predicted octanol–water partition coefficient (Wildman–Crippen LogP) is 1.92. The highest BCUT2D eigenvalue weighted by Gasteiger charge is 2.31. The van der Waals surface area contributed by atoms with Crippen LogP contribution < -0.4 is 5.73 Å².